The summed E-state index contributed by atoms with van der Waals surface area (Å²) in [7, 11) is 0. The van der Waals surface area contributed by atoms with Crippen LogP contribution in [0, 0.1) is 5.92 Å². The van der Waals surface area contributed by atoms with Gasteiger partial charge in [0.05, 0.1) is 0 Å². The summed E-state index contributed by atoms with van der Waals surface area (Å²) in [4.78, 5) is 14.7. The lowest BCUT2D eigenvalue weighted by atomic mass is 9.87. The van der Waals surface area contributed by atoms with Gasteiger partial charge >= 0.3 is 0 Å². The summed E-state index contributed by atoms with van der Waals surface area (Å²) in [6, 6.07) is 0.565. The first-order valence-electron chi connectivity index (χ1n) is 8.60. The maximum atomic E-state index is 12.4. The molecule has 0 radical (unpaired) electrons. The molecule has 0 aromatic heterocycles. The molecule has 0 aromatic carbocycles. The van der Waals surface area contributed by atoms with Gasteiger partial charge in [-0.2, -0.15) is 0 Å². The fourth-order valence-electron chi connectivity index (χ4n) is 3.85. The summed E-state index contributed by atoms with van der Waals surface area (Å²) in [6.45, 7) is 3.18. The minimum atomic E-state index is 0.431. The molecule has 2 saturated carbocycles. The van der Waals surface area contributed by atoms with Crippen molar-refractivity contribution < 1.29 is 4.79 Å². The Hall–Kier alpha value is -0.530. The molecule has 1 amide bonds. The number of carbonyl (C=O) groups is 1. The zero-order chi connectivity index (χ0) is 13.5. The fourth-order valence-corrected chi connectivity index (χ4v) is 3.85. The summed E-state index contributed by atoms with van der Waals surface area (Å²) < 4.78 is 0. The Morgan fingerprint density at radius 2 is 1.53 bits per heavy atom. The third-order valence-electron chi connectivity index (χ3n) is 4.98. The van der Waals surface area contributed by atoms with Crippen LogP contribution in [0.5, 0.6) is 0 Å². The van der Waals surface area contributed by atoms with E-state index in [1.165, 1.54) is 64.2 Å². The van der Waals surface area contributed by atoms with Crippen molar-refractivity contribution in [2.45, 2.75) is 90.0 Å². The smallest absolute Gasteiger partial charge is 0.222 e. The van der Waals surface area contributed by atoms with Crippen LogP contribution in [0.4, 0.5) is 0 Å². The lowest BCUT2D eigenvalue weighted by Gasteiger charge is -2.37. The lowest BCUT2D eigenvalue weighted by Crippen LogP contribution is -2.44. The van der Waals surface area contributed by atoms with E-state index in [0.29, 0.717) is 11.9 Å². The van der Waals surface area contributed by atoms with E-state index >= 15 is 0 Å². The molecule has 0 N–H and O–H groups in total. The molecule has 0 aliphatic heterocycles. The van der Waals surface area contributed by atoms with Crippen molar-refractivity contribution in [3.63, 3.8) is 0 Å². The van der Waals surface area contributed by atoms with Gasteiger partial charge < -0.3 is 4.90 Å². The molecule has 2 aliphatic rings. The largest absolute Gasteiger partial charge is 0.339 e. The Morgan fingerprint density at radius 1 is 0.947 bits per heavy atom. The third kappa shape index (κ3) is 4.50. The van der Waals surface area contributed by atoms with Crippen molar-refractivity contribution in [2.24, 2.45) is 5.92 Å². The van der Waals surface area contributed by atoms with Crippen molar-refractivity contribution in [1.82, 2.24) is 4.90 Å². The average molecular weight is 265 g/mol. The molecule has 2 aliphatic carbocycles. The van der Waals surface area contributed by atoms with Gasteiger partial charge in [-0.05, 0) is 38.0 Å². The van der Waals surface area contributed by atoms with Gasteiger partial charge in [-0.3, -0.25) is 4.79 Å². The topological polar surface area (TPSA) is 20.3 Å². The Labute approximate surface area is 118 Å². The second-order valence-corrected chi connectivity index (χ2v) is 6.59. The zero-order valence-corrected chi connectivity index (χ0v) is 12.7. The summed E-state index contributed by atoms with van der Waals surface area (Å²) in [5.74, 6) is 1.22. The first-order valence-corrected chi connectivity index (χ1v) is 8.60. The summed E-state index contributed by atoms with van der Waals surface area (Å²) in [6.07, 6.45) is 15.1. The Kier molecular flexibility index (Phi) is 6.19. The molecule has 0 spiro atoms. The van der Waals surface area contributed by atoms with Crippen molar-refractivity contribution >= 4 is 5.91 Å². The number of carbonyl (C=O) groups excluding carboxylic acids is 1. The van der Waals surface area contributed by atoms with Crippen LogP contribution in [-0.2, 0) is 4.79 Å². The molecular formula is C17H31NO. The van der Waals surface area contributed by atoms with Gasteiger partial charge in [-0.25, -0.2) is 0 Å². The number of nitrogens with zero attached hydrogens (tertiary/aromatic N) is 1. The second-order valence-electron chi connectivity index (χ2n) is 6.59. The molecule has 2 rings (SSSR count). The number of rotatable bonds is 5. The van der Waals surface area contributed by atoms with Gasteiger partial charge in [-0.1, -0.05) is 45.4 Å². The first-order chi connectivity index (χ1) is 9.31. The fraction of sp³-hybridized carbons (Fsp3) is 0.941. The predicted molar refractivity (Wildman–Crippen MR) is 80.1 cm³/mol. The quantitative estimate of drug-likeness (QED) is 0.715. The van der Waals surface area contributed by atoms with E-state index in [-0.39, 0.29) is 0 Å². The highest BCUT2D eigenvalue weighted by atomic mass is 16.2. The summed E-state index contributed by atoms with van der Waals surface area (Å²) in [5, 5.41) is 0. The van der Waals surface area contributed by atoms with Crippen LogP contribution in [0.1, 0.15) is 84.0 Å². The summed E-state index contributed by atoms with van der Waals surface area (Å²) >= 11 is 0. The van der Waals surface area contributed by atoms with E-state index in [1.54, 1.807) is 0 Å². The highest BCUT2D eigenvalue weighted by molar-refractivity contribution is 5.76. The molecule has 0 unspecified atom stereocenters. The first kappa shape index (κ1) is 14.9. The Morgan fingerprint density at radius 3 is 2.11 bits per heavy atom. The van der Waals surface area contributed by atoms with E-state index in [1.807, 2.05) is 0 Å². The number of amides is 1. The molecule has 2 heteroatoms. The van der Waals surface area contributed by atoms with Gasteiger partial charge in [0.2, 0.25) is 5.91 Å². The molecule has 0 heterocycles. The van der Waals surface area contributed by atoms with Crippen molar-refractivity contribution in [3.05, 3.63) is 0 Å². The van der Waals surface area contributed by atoms with Crippen molar-refractivity contribution in [1.29, 1.82) is 0 Å². The van der Waals surface area contributed by atoms with Crippen LogP contribution >= 0.6 is 0 Å². The number of hydrogen-bond donors (Lipinski definition) is 0. The normalized spacial score (nSPS) is 22.4. The van der Waals surface area contributed by atoms with E-state index in [2.05, 4.69) is 11.8 Å². The molecule has 0 aromatic rings. The third-order valence-corrected chi connectivity index (χ3v) is 4.98. The predicted octanol–water partition coefficient (Wildman–Crippen LogP) is 4.53. The Balaban J connectivity index is 1.93. The maximum Gasteiger partial charge on any atom is 0.222 e. The van der Waals surface area contributed by atoms with Gasteiger partial charge in [0.15, 0.2) is 0 Å². The maximum absolute atomic E-state index is 12.4. The van der Waals surface area contributed by atoms with Crippen LogP contribution in [0.3, 0.4) is 0 Å². The van der Waals surface area contributed by atoms with Crippen LogP contribution in [0.2, 0.25) is 0 Å². The number of hydrogen-bond acceptors (Lipinski definition) is 1. The molecule has 19 heavy (non-hydrogen) atoms. The monoisotopic (exact) mass is 265 g/mol. The Bertz CT molecular complexity index is 264. The van der Waals surface area contributed by atoms with Gasteiger partial charge in [0, 0.05) is 19.0 Å². The molecule has 0 saturated heterocycles. The van der Waals surface area contributed by atoms with E-state index in [4.69, 9.17) is 0 Å². The lowest BCUT2D eigenvalue weighted by molar-refractivity contribution is -0.135. The van der Waals surface area contributed by atoms with E-state index < -0.39 is 0 Å². The zero-order valence-electron chi connectivity index (χ0n) is 12.7. The van der Waals surface area contributed by atoms with E-state index in [9.17, 15) is 4.79 Å². The van der Waals surface area contributed by atoms with Crippen LogP contribution in [-0.4, -0.2) is 23.4 Å². The van der Waals surface area contributed by atoms with Gasteiger partial charge in [0.25, 0.3) is 0 Å². The average Bonchev–Trinajstić information content (AvgIpc) is 2.47. The SMILES string of the molecule is CCCC(=O)N(CC1CCCCC1)C1CCCCC1. The minimum Gasteiger partial charge on any atom is -0.339 e. The van der Waals surface area contributed by atoms with Crippen LogP contribution in [0.25, 0.3) is 0 Å². The minimum absolute atomic E-state index is 0.431. The highest BCUT2D eigenvalue weighted by Crippen LogP contribution is 2.29. The summed E-state index contributed by atoms with van der Waals surface area (Å²) in [5.41, 5.74) is 0. The van der Waals surface area contributed by atoms with Crippen LogP contribution < -0.4 is 0 Å². The second kappa shape index (κ2) is 7.91. The molecule has 0 atom stereocenters. The highest BCUT2D eigenvalue weighted by Gasteiger charge is 2.27. The molecule has 2 fully saturated rings. The van der Waals surface area contributed by atoms with Gasteiger partial charge in [0.1, 0.15) is 0 Å². The van der Waals surface area contributed by atoms with Crippen molar-refractivity contribution in [3.8, 4) is 0 Å². The van der Waals surface area contributed by atoms with Crippen LogP contribution in [0.15, 0.2) is 0 Å². The molecular weight excluding hydrogens is 234 g/mol. The van der Waals surface area contributed by atoms with E-state index in [0.717, 1.165) is 25.3 Å². The molecule has 2 nitrogen and oxygen atoms in total. The standard InChI is InChI=1S/C17H31NO/c1-2-9-17(19)18(16-12-7-4-8-13-16)14-15-10-5-3-6-11-15/h15-16H,2-14H2,1H3. The molecule has 110 valence electrons. The molecule has 0 bridgehead atoms. The van der Waals surface area contributed by atoms with Crippen molar-refractivity contribution in [2.75, 3.05) is 6.54 Å². The van der Waals surface area contributed by atoms with Gasteiger partial charge in [-0.15, -0.1) is 0 Å².